The minimum Gasteiger partial charge on any atom is -0.356 e. The first kappa shape index (κ1) is 20.5. The Balaban J connectivity index is 1.62. The number of anilines is 2. The molecule has 0 atom stereocenters. The fraction of sp³-hybridized carbons (Fsp3) is 0.478. The van der Waals surface area contributed by atoms with E-state index >= 15 is 0 Å². The number of piperidine rings is 1. The number of halogens is 1. The molecule has 2 aromatic rings. The quantitative estimate of drug-likeness (QED) is 0.596. The number of benzene rings is 1. The van der Waals surface area contributed by atoms with Crippen LogP contribution in [0.15, 0.2) is 29.2 Å². The smallest absolute Gasteiger partial charge is 0.259 e. The number of hydrogen-bond acceptors (Lipinski definition) is 4. The zero-order valence-corrected chi connectivity index (χ0v) is 18.9. The fourth-order valence-corrected chi connectivity index (χ4v) is 4.95. The molecule has 1 N–H and O–H groups in total. The Kier molecular flexibility index (Phi) is 6.07. The second-order valence-corrected chi connectivity index (χ2v) is 9.44. The summed E-state index contributed by atoms with van der Waals surface area (Å²) in [5.74, 6) is 2.41. The summed E-state index contributed by atoms with van der Waals surface area (Å²) in [6.07, 6.45) is 7.18. The first-order valence-corrected chi connectivity index (χ1v) is 11.9. The van der Waals surface area contributed by atoms with Crippen LogP contribution in [-0.4, -0.2) is 30.2 Å². The van der Waals surface area contributed by atoms with Crippen molar-refractivity contribution in [3.8, 4) is 0 Å². The third-order valence-corrected chi connectivity index (χ3v) is 7.48. The summed E-state index contributed by atoms with van der Waals surface area (Å²) in [6.45, 7) is 5.75. The Morgan fingerprint density at radius 2 is 1.86 bits per heavy atom. The van der Waals surface area contributed by atoms with Gasteiger partial charge in [-0.3, -0.25) is 4.79 Å². The number of amides is 1. The van der Waals surface area contributed by atoms with Gasteiger partial charge in [0, 0.05) is 23.7 Å². The summed E-state index contributed by atoms with van der Waals surface area (Å²) < 4.78 is 0. The van der Waals surface area contributed by atoms with Crippen molar-refractivity contribution in [1.82, 2.24) is 4.98 Å². The minimum absolute atomic E-state index is 0.144. The SMILES string of the molecule is CSc1cccc(NC(=O)c2c(N3CCC(C4CC4)CC3)nc(C)c(Cl)c2C)c1. The van der Waals surface area contributed by atoms with Gasteiger partial charge >= 0.3 is 0 Å². The van der Waals surface area contributed by atoms with Gasteiger partial charge in [0.15, 0.2) is 0 Å². The van der Waals surface area contributed by atoms with Gasteiger partial charge in [-0.1, -0.05) is 17.7 Å². The van der Waals surface area contributed by atoms with Gasteiger partial charge < -0.3 is 10.2 Å². The first-order valence-electron chi connectivity index (χ1n) is 10.3. The molecule has 1 amide bonds. The maximum atomic E-state index is 13.3. The molecule has 154 valence electrons. The molecule has 1 aliphatic carbocycles. The molecule has 1 aromatic carbocycles. The highest BCUT2D eigenvalue weighted by molar-refractivity contribution is 7.98. The van der Waals surface area contributed by atoms with Gasteiger partial charge in [0.1, 0.15) is 5.82 Å². The number of nitrogens with one attached hydrogen (secondary N) is 1. The molecule has 0 radical (unpaired) electrons. The number of hydrogen-bond donors (Lipinski definition) is 1. The van der Waals surface area contributed by atoms with Gasteiger partial charge in [0.25, 0.3) is 5.91 Å². The standard InChI is InChI=1S/C23H28ClN3OS/c1-14-20(23(28)26-18-5-4-6-19(13-18)29-3)22(25-15(2)21(14)24)27-11-9-17(10-12-27)16-7-8-16/h4-6,13,16-17H,7-12H2,1-3H3,(H,26,28). The van der Waals surface area contributed by atoms with Crippen molar-refractivity contribution < 1.29 is 4.79 Å². The molecule has 1 aromatic heterocycles. The number of carbonyl (C=O) groups excluding carboxylic acids is 1. The van der Waals surface area contributed by atoms with E-state index in [0.29, 0.717) is 10.6 Å². The van der Waals surface area contributed by atoms with Crippen LogP contribution in [-0.2, 0) is 0 Å². The molecule has 0 bridgehead atoms. The highest BCUT2D eigenvalue weighted by Gasteiger charge is 2.35. The molecule has 1 saturated heterocycles. The molecular weight excluding hydrogens is 402 g/mol. The van der Waals surface area contributed by atoms with Crippen molar-refractivity contribution >= 4 is 40.8 Å². The summed E-state index contributed by atoms with van der Waals surface area (Å²) in [5.41, 5.74) is 2.97. The van der Waals surface area contributed by atoms with Gasteiger partial charge in [0.2, 0.25) is 0 Å². The van der Waals surface area contributed by atoms with Crippen LogP contribution < -0.4 is 10.2 Å². The Bertz CT molecular complexity index is 921. The number of aromatic nitrogens is 1. The van der Waals surface area contributed by atoms with Gasteiger partial charge in [-0.2, -0.15) is 0 Å². The molecule has 1 aliphatic heterocycles. The maximum absolute atomic E-state index is 13.3. The summed E-state index contributed by atoms with van der Waals surface area (Å²) in [6, 6.07) is 7.89. The van der Waals surface area contributed by atoms with Crippen LogP contribution in [0.25, 0.3) is 0 Å². The molecule has 4 nitrogen and oxygen atoms in total. The van der Waals surface area contributed by atoms with Crippen molar-refractivity contribution in [3.05, 3.63) is 46.1 Å². The van der Waals surface area contributed by atoms with Crippen molar-refractivity contribution in [3.63, 3.8) is 0 Å². The number of aryl methyl sites for hydroxylation is 1. The number of thioether (sulfide) groups is 1. The van der Waals surface area contributed by atoms with E-state index in [1.165, 1.54) is 25.7 Å². The van der Waals surface area contributed by atoms with Crippen LogP contribution in [0.1, 0.15) is 47.3 Å². The van der Waals surface area contributed by atoms with E-state index in [0.717, 1.165) is 52.6 Å². The van der Waals surface area contributed by atoms with E-state index in [-0.39, 0.29) is 5.91 Å². The number of carbonyl (C=O) groups is 1. The van der Waals surface area contributed by atoms with E-state index in [4.69, 9.17) is 16.6 Å². The summed E-state index contributed by atoms with van der Waals surface area (Å²) in [7, 11) is 0. The van der Waals surface area contributed by atoms with Gasteiger partial charge in [0.05, 0.1) is 16.3 Å². The van der Waals surface area contributed by atoms with Crippen LogP contribution in [0.5, 0.6) is 0 Å². The fourth-order valence-electron chi connectivity index (χ4n) is 4.36. The molecule has 2 aliphatic rings. The van der Waals surface area contributed by atoms with Crippen molar-refractivity contribution in [2.45, 2.75) is 44.4 Å². The van der Waals surface area contributed by atoms with Crippen molar-refractivity contribution in [2.24, 2.45) is 11.8 Å². The minimum atomic E-state index is -0.144. The van der Waals surface area contributed by atoms with E-state index in [1.54, 1.807) is 11.8 Å². The molecule has 6 heteroatoms. The Morgan fingerprint density at radius 1 is 1.17 bits per heavy atom. The molecule has 2 fully saturated rings. The Labute approximate surface area is 182 Å². The highest BCUT2D eigenvalue weighted by atomic mass is 35.5. The Hall–Kier alpha value is -1.72. The zero-order chi connectivity index (χ0) is 20.5. The lowest BCUT2D eigenvalue weighted by atomic mass is 9.92. The molecule has 4 rings (SSSR count). The Morgan fingerprint density at radius 3 is 2.52 bits per heavy atom. The molecule has 2 heterocycles. The van der Waals surface area contributed by atoms with Crippen LogP contribution >= 0.6 is 23.4 Å². The predicted molar refractivity (Wildman–Crippen MR) is 123 cm³/mol. The lowest BCUT2D eigenvalue weighted by Gasteiger charge is -2.34. The molecule has 1 saturated carbocycles. The second kappa shape index (κ2) is 8.57. The lowest BCUT2D eigenvalue weighted by Crippen LogP contribution is -2.36. The first-order chi connectivity index (χ1) is 14.0. The van der Waals surface area contributed by atoms with Crippen LogP contribution in [0.2, 0.25) is 5.02 Å². The van der Waals surface area contributed by atoms with Gasteiger partial charge in [-0.25, -0.2) is 4.98 Å². The third-order valence-electron chi connectivity index (χ3n) is 6.20. The molecule has 0 spiro atoms. The number of nitrogens with zero attached hydrogens (tertiary/aromatic N) is 2. The molecule has 29 heavy (non-hydrogen) atoms. The predicted octanol–water partition coefficient (Wildman–Crippen LogP) is 5.95. The van der Waals surface area contributed by atoms with Crippen LogP contribution in [0, 0.1) is 25.7 Å². The maximum Gasteiger partial charge on any atom is 0.259 e. The monoisotopic (exact) mass is 429 g/mol. The van der Waals surface area contributed by atoms with Crippen molar-refractivity contribution in [2.75, 3.05) is 29.6 Å². The summed E-state index contributed by atoms with van der Waals surface area (Å²) in [4.78, 5) is 21.5. The van der Waals surface area contributed by atoms with E-state index in [9.17, 15) is 4.79 Å². The van der Waals surface area contributed by atoms with Crippen LogP contribution in [0.4, 0.5) is 11.5 Å². The second-order valence-electron chi connectivity index (χ2n) is 8.18. The normalized spacial score (nSPS) is 17.4. The van der Waals surface area contributed by atoms with Crippen molar-refractivity contribution in [1.29, 1.82) is 0 Å². The largest absolute Gasteiger partial charge is 0.356 e. The topological polar surface area (TPSA) is 45.2 Å². The lowest BCUT2D eigenvalue weighted by molar-refractivity contribution is 0.102. The van der Waals surface area contributed by atoms with E-state index < -0.39 is 0 Å². The number of pyridine rings is 1. The van der Waals surface area contributed by atoms with Gasteiger partial charge in [-0.15, -0.1) is 11.8 Å². The average molecular weight is 430 g/mol. The van der Waals surface area contributed by atoms with Crippen LogP contribution in [0.3, 0.4) is 0 Å². The van der Waals surface area contributed by atoms with Gasteiger partial charge in [-0.05, 0) is 81.4 Å². The zero-order valence-electron chi connectivity index (χ0n) is 17.3. The third kappa shape index (κ3) is 4.41. The average Bonchev–Trinajstić information content (AvgIpc) is 3.57. The molecule has 0 unspecified atom stereocenters. The van der Waals surface area contributed by atoms with E-state index in [2.05, 4.69) is 10.2 Å². The van der Waals surface area contributed by atoms with E-state index in [1.807, 2.05) is 44.4 Å². The summed E-state index contributed by atoms with van der Waals surface area (Å²) >= 11 is 8.15. The highest BCUT2D eigenvalue weighted by Crippen LogP contribution is 2.42. The number of rotatable bonds is 5. The molecular formula is C23H28ClN3OS. The summed E-state index contributed by atoms with van der Waals surface area (Å²) in [5, 5.41) is 3.63.